The standard InChI is InChI=1S/C22H24ClFN8O2/c1-4-31-12-14(8-28-31)30-16-6-17(18-10-26-20-5-13(23)7-29-32(18)20)25-9-15(16)21(33)27-11-19(24)22(2,3)34/h5-10,12,19,34H,4,11H2,1-3H3,(H,25,30)(H,27,33). The fourth-order valence-electron chi connectivity index (χ4n) is 3.19. The van der Waals surface area contributed by atoms with E-state index in [1.165, 1.54) is 26.2 Å². The first-order valence-electron chi connectivity index (χ1n) is 10.6. The van der Waals surface area contributed by atoms with Crippen LogP contribution in [0.15, 0.2) is 43.1 Å². The van der Waals surface area contributed by atoms with Crippen LogP contribution < -0.4 is 10.6 Å². The highest BCUT2D eigenvalue weighted by Gasteiger charge is 2.27. The van der Waals surface area contributed by atoms with Crippen molar-refractivity contribution in [3.05, 3.63) is 53.7 Å². The third-order valence-corrected chi connectivity index (χ3v) is 5.39. The first kappa shape index (κ1) is 23.6. The van der Waals surface area contributed by atoms with Crippen LogP contribution in [0.25, 0.3) is 17.0 Å². The number of aromatic nitrogens is 6. The number of aliphatic hydroxyl groups is 1. The number of rotatable bonds is 8. The van der Waals surface area contributed by atoms with E-state index in [0.717, 1.165) is 0 Å². The van der Waals surface area contributed by atoms with E-state index in [-0.39, 0.29) is 12.1 Å². The summed E-state index contributed by atoms with van der Waals surface area (Å²) in [5.41, 5.74) is 1.35. The molecule has 0 bridgehead atoms. The Balaban J connectivity index is 1.69. The molecule has 0 saturated heterocycles. The van der Waals surface area contributed by atoms with Crippen molar-refractivity contribution in [2.75, 3.05) is 11.9 Å². The Morgan fingerprint density at radius 2 is 2.00 bits per heavy atom. The number of hydrogen-bond acceptors (Lipinski definition) is 7. The Morgan fingerprint density at radius 1 is 1.21 bits per heavy atom. The molecule has 0 fully saturated rings. The van der Waals surface area contributed by atoms with E-state index >= 15 is 0 Å². The van der Waals surface area contributed by atoms with Crippen molar-refractivity contribution in [2.24, 2.45) is 0 Å². The molecule has 10 nitrogen and oxygen atoms in total. The zero-order chi connectivity index (χ0) is 24.5. The van der Waals surface area contributed by atoms with Gasteiger partial charge in [-0.2, -0.15) is 10.2 Å². The van der Waals surface area contributed by atoms with E-state index < -0.39 is 17.7 Å². The van der Waals surface area contributed by atoms with E-state index in [0.29, 0.717) is 40.0 Å². The molecule has 4 heterocycles. The van der Waals surface area contributed by atoms with Crippen LogP contribution in [0.3, 0.4) is 0 Å². The van der Waals surface area contributed by atoms with Gasteiger partial charge in [0.2, 0.25) is 0 Å². The van der Waals surface area contributed by atoms with Gasteiger partial charge in [0, 0.05) is 25.0 Å². The number of hydrogen-bond donors (Lipinski definition) is 3. The maximum atomic E-state index is 14.2. The molecule has 0 saturated carbocycles. The summed E-state index contributed by atoms with van der Waals surface area (Å²) in [6.07, 6.45) is 6.29. The van der Waals surface area contributed by atoms with E-state index in [1.54, 1.807) is 39.9 Å². The lowest BCUT2D eigenvalue weighted by molar-refractivity contribution is -0.00177. The van der Waals surface area contributed by atoms with Gasteiger partial charge in [0.15, 0.2) is 5.65 Å². The minimum absolute atomic E-state index is 0.195. The van der Waals surface area contributed by atoms with Crippen LogP contribution in [0.4, 0.5) is 15.8 Å². The number of carbonyl (C=O) groups is 1. The summed E-state index contributed by atoms with van der Waals surface area (Å²) >= 11 is 6.00. The van der Waals surface area contributed by atoms with Crippen LogP contribution in [0.1, 0.15) is 31.1 Å². The Morgan fingerprint density at radius 3 is 2.71 bits per heavy atom. The molecule has 0 radical (unpaired) electrons. The van der Waals surface area contributed by atoms with Crippen LogP contribution in [0, 0.1) is 0 Å². The van der Waals surface area contributed by atoms with Gasteiger partial charge < -0.3 is 15.7 Å². The summed E-state index contributed by atoms with van der Waals surface area (Å²) in [6.45, 7) is 4.97. The van der Waals surface area contributed by atoms with Gasteiger partial charge in [-0.15, -0.1) is 0 Å². The molecule has 0 aliphatic rings. The molecule has 34 heavy (non-hydrogen) atoms. The molecular formula is C22H24ClFN8O2. The van der Waals surface area contributed by atoms with Crippen LogP contribution in [0.2, 0.25) is 5.02 Å². The quantitative estimate of drug-likeness (QED) is 0.349. The van der Waals surface area contributed by atoms with Crippen molar-refractivity contribution in [3.8, 4) is 11.4 Å². The number of anilines is 2. The monoisotopic (exact) mass is 486 g/mol. The molecule has 4 aromatic rings. The topological polar surface area (TPSA) is 122 Å². The number of amides is 1. The van der Waals surface area contributed by atoms with E-state index in [1.807, 2.05) is 6.92 Å². The Bertz CT molecular complexity index is 1330. The molecular weight excluding hydrogens is 463 g/mol. The second kappa shape index (κ2) is 9.35. The molecule has 12 heteroatoms. The van der Waals surface area contributed by atoms with Crippen LogP contribution >= 0.6 is 11.6 Å². The molecule has 178 valence electrons. The number of carbonyl (C=O) groups excluding carboxylic acids is 1. The van der Waals surface area contributed by atoms with E-state index in [4.69, 9.17) is 11.6 Å². The molecule has 4 aromatic heterocycles. The van der Waals surface area contributed by atoms with Crippen LogP contribution in [-0.2, 0) is 6.54 Å². The zero-order valence-electron chi connectivity index (χ0n) is 18.8. The van der Waals surface area contributed by atoms with Crippen molar-refractivity contribution in [2.45, 2.75) is 39.1 Å². The Kier molecular flexibility index (Phi) is 6.49. The molecule has 0 aromatic carbocycles. The lowest BCUT2D eigenvalue weighted by Crippen LogP contribution is -2.42. The molecule has 0 spiro atoms. The highest BCUT2D eigenvalue weighted by atomic mass is 35.5. The number of nitrogens with zero attached hydrogens (tertiary/aromatic N) is 6. The minimum atomic E-state index is -1.64. The number of fused-ring (bicyclic) bond motifs is 1. The van der Waals surface area contributed by atoms with Crippen molar-refractivity contribution >= 4 is 34.5 Å². The third-order valence-electron chi connectivity index (χ3n) is 5.18. The summed E-state index contributed by atoms with van der Waals surface area (Å²) < 4.78 is 17.5. The largest absolute Gasteiger partial charge is 0.387 e. The number of aryl methyl sites for hydroxylation is 1. The fourth-order valence-corrected chi connectivity index (χ4v) is 3.33. The number of alkyl halides is 1. The summed E-state index contributed by atoms with van der Waals surface area (Å²) in [4.78, 5) is 21.6. The van der Waals surface area contributed by atoms with Crippen molar-refractivity contribution < 1.29 is 14.3 Å². The smallest absolute Gasteiger partial charge is 0.255 e. The number of imidazole rings is 1. The second-order valence-electron chi connectivity index (χ2n) is 8.24. The van der Waals surface area contributed by atoms with Gasteiger partial charge in [0.1, 0.15) is 11.9 Å². The van der Waals surface area contributed by atoms with Gasteiger partial charge in [0.25, 0.3) is 5.91 Å². The lowest BCUT2D eigenvalue weighted by Gasteiger charge is -2.22. The van der Waals surface area contributed by atoms with Crippen molar-refractivity contribution in [1.82, 2.24) is 34.7 Å². The summed E-state index contributed by atoms with van der Waals surface area (Å²) in [7, 11) is 0. The summed E-state index contributed by atoms with van der Waals surface area (Å²) in [6, 6.07) is 3.36. The molecule has 3 N–H and O–H groups in total. The predicted molar refractivity (Wildman–Crippen MR) is 126 cm³/mol. The summed E-state index contributed by atoms with van der Waals surface area (Å²) in [5.74, 6) is -0.542. The van der Waals surface area contributed by atoms with E-state index in [9.17, 15) is 14.3 Å². The zero-order valence-corrected chi connectivity index (χ0v) is 19.6. The van der Waals surface area contributed by atoms with Gasteiger partial charge in [0.05, 0.1) is 58.4 Å². The van der Waals surface area contributed by atoms with Gasteiger partial charge >= 0.3 is 0 Å². The SMILES string of the molecule is CCn1cc(Nc2cc(-c3cnc4cc(Cl)cnn34)ncc2C(=O)NCC(F)C(C)(C)O)cn1. The number of halogens is 2. The third kappa shape index (κ3) is 5.00. The van der Waals surface area contributed by atoms with Gasteiger partial charge in [-0.05, 0) is 26.8 Å². The average molecular weight is 487 g/mol. The van der Waals surface area contributed by atoms with Gasteiger partial charge in [-0.1, -0.05) is 11.6 Å². The molecule has 0 aliphatic carbocycles. The van der Waals surface area contributed by atoms with E-state index in [2.05, 4.69) is 30.8 Å². The van der Waals surface area contributed by atoms with Gasteiger partial charge in [-0.3, -0.25) is 14.5 Å². The molecule has 4 rings (SSSR count). The Labute approximate surface area is 199 Å². The molecule has 1 unspecified atom stereocenters. The molecule has 1 amide bonds. The Hall–Kier alpha value is -3.57. The minimum Gasteiger partial charge on any atom is -0.387 e. The predicted octanol–water partition coefficient (Wildman–Crippen LogP) is 3.24. The van der Waals surface area contributed by atoms with Crippen LogP contribution in [-0.4, -0.2) is 58.7 Å². The molecule has 1 atom stereocenters. The van der Waals surface area contributed by atoms with Crippen LogP contribution in [0.5, 0.6) is 0 Å². The normalized spacial score (nSPS) is 12.6. The van der Waals surface area contributed by atoms with Crippen molar-refractivity contribution in [1.29, 1.82) is 0 Å². The second-order valence-corrected chi connectivity index (χ2v) is 8.68. The van der Waals surface area contributed by atoms with Gasteiger partial charge in [-0.25, -0.2) is 13.9 Å². The highest BCUT2D eigenvalue weighted by molar-refractivity contribution is 6.30. The first-order valence-corrected chi connectivity index (χ1v) is 11.0. The first-order chi connectivity index (χ1) is 16.2. The highest BCUT2D eigenvalue weighted by Crippen LogP contribution is 2.27. The molecule has 0 aliphatic heterocycles. The average Bonchev–Trinajstić information content (AvgIpc) is 3.42. The number of pyridine rings is 1. The maximum Gasteiger partial charge on any atom is 0.255 e. The number of nitrogens with one attached hydrogen (secondary N) is 2. The maximum absolute atomic E-state index is 14.2. The summed E-state index contributed by atoms with van der Waals surface area (Å²) in [5, 5.41) is 24.5. The van der Waals surface area contributed by atoms with Crippen molar-refractivity contribution in [3.63, 3.8) is 0 Å². The fraction of sp³-hybridized carbons (Fsp3) is 0.318. The lowest BCUT2D eigenvalue weighted by atomic mass is 10.0.